The SMILES string of the molecule is CCOC(=O)C(CCN(C(C)C)C(C)C)(Nc1ccccc1)C(=O)OCC. The van der Waals surface area contributed by atoms with Gasteiger partial charge in [-0.2, -0.15) is 0 Å². The van der Waals surface area contributed by atoms with Crippen LogP contribution in [0.2, 0.25) is 0 Å². The van der Waals surface area contributed by atoms with Crippen LogP contribution in [0.4, 0.5) is 5.69 Å². The van der Waals surface area contributed by atoms with Crippen LogP contribution >= 0.6 is 0 Å². The minimum atomic E-state index is -1.59. The van der Waals surface area contributed by atoms with Gasteiger partial charge in [-0.05, 0) is 53.7 Å². The van der Waals surface area contributed by atoms with E-state index in [4.69, 9.17) is 9.47 Å². The number of esters is 2. The Hall–Kier alpha value is -2.08. The topological polar surface area (TPSA) is 67.9 Å². The van der Waals surface area contributed by atoms with Crippen LogP contribution in [0.15, 0.2) is 30.3 Å². The first-order chi connectivity index (χ1) is 12.8. The number of hydrogen-bond donors (Lipinski definition) is 1. The van der Waals surface area contributed by atoms with Gasteiger partial charge in [0, 0.05) is 30.7 Å². The van der Waals surface area contributed by atoms with Gasteiger partial charge in [0.15, 0.2) is 0 Å². The van der Waals surface area contributed by atoms with Crippen LogP contribution in [0.5, 0.6) is 0 Å². The summed E-state index contributed by atoms with van der Waals surface area (Å²) in [6.45, 7) is 12.8. The Morgan fingerprint density at radius 1 is 0.963 bits per heavy atom. The van der Waals surface area contributed by atoms with Crippen LogP contribution in [0.3, 0.4) is 0 Å². The van der Waals surface area contributed by atoms with E-state index in [0.29, 0.717) is 12.2 Å². The number of carbonyl (C=O) groups excluding carboxylic acids is 2. The average molecular weight is 379 g/mol. The van der Waals surface area contributed by atoms with Crippen LogP contribution in [0.1, 0.15) is 48.0 Å². The maximum Gasteiger partial charge on any atom is 0.343 e. The smallest absolute Gasteiger partial charge is 0.343 e. The van der Waals surface area contributed by atoms with Gasteiger partial charge < -0.3 is 14.8 Å². The molecular weight excluding hydrogens is 344 g/mol. The van der Waals surface area contributed by atoms with Crippen molar-refractivity contribution in [2.24, 2.45) is 0 Å². The van der Waals surface area contributed by atoms with Crippen molar-refractivity contribution in [1.29, 1.82) is 0 Å². The van der Waals surface area contributed by atoms with Crippen LogP contribution in [-0.2, 0) is 19.1 Å². The fourth-order valence-corrected chi connectivity index (χ4v) is 3.14. The largest absolute Gasteiger partial charge is 0.464 e. The second-order valence-electron chi connectivity index (χ2n) is 7.01. The standard InChI is InChI=1S/C21H34N2O4/c1-7-26-19(24)21(20(25)27-8-2,22-18-12-10-9-11-13-18)14-15-23(16(3)4)17(5)6/h9-13,16-17,22H,7-8,14-15H2,1-6H3. The summed E-state index contributed by atoms with van der Waals surface area (Å²) in [4.78, 5) is 28.1. The zero-order valence-corrected chi connectivity index (χ0v) is 17.5. The van der Waals surface area contributed by atoms with Gasteiger partial charge in [-0.25, -0.2) is 9.59 Å². The Morgan fingerprint density at radius 3 is 1.85 bits per heavy atom. The van der Waals surface area contributed by atoms with E-state index in [-0.39, 0.29) is 31.7 Å². The van der Waals surface area contributed by atoms with Gasteiger partial charge in [0.2, 0.25) is 5.54 Å². The van der Waals surface area contributed by atoms with Crippen LogP contribution in [0, 0.1) is 0 Å². The van der Waals surface area contributed by atoms with E-state index in [2.05, 4.69) is 37.9 Å². The zero-order valence-electron chi connectivity index (χ0n) is 17.5. The summed E-state index contributed by atoms with van der Waals surface area (Å²) >= 11 is 0. The highest BCUT2D eigenvalue weighted by Crippen LogP contribution is 2.24. The summed E-state index contributed by atoms with van der Waals surface area (Å²) in [6, 6.07) is 9.76. The van der Waals surface area contributed by atoms with Gasteiger partial charge in [0.25, 0.3) is 0 Å². The predicted molar refractivity (Wildman–Crippen MR) is 108 cm³/mol. The van der Waals surface area contributed by atoms with Crippen molar-refractivity contribution < 1.29 is 19.1 Å². The molecular formula is C21H34N2O4. The number of benzene rings is 1. The number of nitrogens with one attached hydrogen (secondary N) is 1. The van der Waals surface area contributed by atoms with E-state index in [9.17, 15) is 9.59 Å². The third kappa shape index (κ3) is 6.24. The summed E-state index contributed by atoms with van der Waals surface area (Å²) in [6.07, 6.45) is 0.246. The summed E-state index contributed by atoms with van der Waals surface area (Å²) in [5, 5.41) is 3.12. The monoisotopic (exact) mass is 378 g/mol. The highest BCUT2D eigenvalue weighted by atomic mass is 16.6. The predicted octanol–water partition coefficient (Wildman–Crippen LogP) is 3.47. The lowest BCUT2D eigenvalue weighted by molar-refractivity contribution is -0.163. The molecule has 0 amide bonds. The Labute approximate surface area is 163 Å². The van der Waals surface area contributed by atoms with E-state index in [1.165, 1.54) is 0 Å². The van der Waals surface area contributed by atoms with Crippen molar-refractivity contribution in [3.8, 4) is 0 Å². The lowest BCUT2D eigenvalue weighted by Gasteiger charge is -2.36. The minimum absolute atomic E-state index is 0.189. The molecule has 6 nitrogen and oxygen atoms in total. The molecule has 6 heteroatoms. The van der Waals surface area contributed by atoms with Crippen molar-refractivity contribution in [3.63, 3.8) is 0 Å². The molecule has 0 aliphatic carbocycles. The zero-order chi connectivity index (χ0) is 20.4. The van der Waals surface area contributed by atoms with Crippen molar-refractivity contribution in [2.45, 2.75) is 65.6 Å². The normalized spacial score (nSPS) is 11.7. The van der Waals surface area contributed by atoms with Crippen LogP contribution in [0.25, 0.3) is 0 Å². The molecule has 0 aromatic heterocycles. The molecule has 0 saturated heterocycles. The molecule has 0 heterocycles. The van der Waals surface area contributed by atoms with Gasteiger partial charge in [-0.3, -0.25) is 4.90 Å². The number of hydrogen-bond acceptors (Lipinski definition) is 6. The van der Waals surface area contributed by atoms with E-state index < -0.39 is 17.5 Å². The fraction of sp³-hybridized carbons (Fsp3) is 0.619. The maximum absolute atomic E-state index is 12.9. The highest BCUT2D eigenvalue weighted by Gasteiger charge is 2.49. The molecule has 0 spiro atoms. The molecule has 0 aliphatic rings. The number of rotatable bonds is 11. The van der Waals surface area contributed by atoms with Gasteiger partial charge in [0.1, 0.15) is 0 Å². The lowest BCUT2D eigenvalue weighted by Crippen LogP contribution is -2.57. The molecule has 152 valence electrons. The van der Waals surface area contributed by atoms with E-state index in [1.54, 1.807) is 13.8 Å². The van der Waals surface area contributed by atoms with E-state index in [1.807, 2.05) is 30.3 Å². The maximum atomic E-state index is 12.9. The molecule has 0 fully saturated rings. The second kappa shape index (κ2) is 10.9. The van der Waals surface area contributed by atoms with Gasteiger partial charge in [-0.1, -0.05) is 18.2 Å². The van der Waals surface area contributed by atoms with Crippen molar-refractivity contribution in [1.82, 2.24) is 4.90 Å². The summed E-state index contributed by atoms with van der Waals surface area (Å²) in [5.41, 5.74) is -0.922. The molecule has 0 saturated carbocycles. The molecule has 1 rings (SSSR count). The molecule has 0 bridgehead atoms. The van der Waals surface area contributed by atoms with E-state index in [0.717, 1.165) is 0 Å². The number of ether oxygens (including phenoxy) is 2. The molecule has 0 radical (unpaired) electrons. The molecule has 0 atom stereocenters. The number of carbonyl (C=O) groups is 2. The molecule has 27 heavy (non-hydrogen) atoms. The first-order valence-electron chi connectivity index (χ1n) is 9.71. The molecule has 1 N–H and O–H groups in total. The Bertz CT molecular complexity index is 561. The average Bonchev–Trinajstić information content (AvgIpc) is 2.61. The Balaban J connectivity index is 3.27. The van der Waals surface area contributed by atoms with Crippen molar-refractivity contribution >= 4 is 17.6 Å². The number of para-hydroxylation sites is 1. The van der Waals surface area contributed by atoms with Gasteiger partial charge >= 0.3 is 11.9 Å². The Kier molecular flexibility index (Phi) is 9.29. The quantitative estimate of drug-likeness (QED) is 0.470. The highest BCUT2D eigenvalue weighted by molar-refractivity contribution is 6.08. The molecule has 0 unspecified atom stereocenters. The van der Waals surface area contributed by atoms with Gasteiger partial charge in [0.05, 0.1) is 13.2 Å². The van der Waals surface area contributed by atoms with Crippen LogP contribution in [-0.4, -0.2) is 54.2 Å². The summed E-state index contributed by atoms with van der Waals surface area (Å²) in [5.74, 6) is -1.22. The summed E-state index contributed by atoms with van der Waals surface area (Å²) < 4.78 is 10.6. The molecule has 1 aromatic carbocycles. The van der Waals surface area contributed by atoms with E-state index >= 15 is 0 Å². The number of anilines is 1. The second-order valence-corrected chi connectivity index (χ2v) is 7.01. The summed E-state index contributed by atoms with van der Waals surface area (Å²) in [7, 11) is 0. The lowest BCUT2D eigenvalue weighted by atomic mass is 9.93. The molecule has 1 aromatic rings. The third-order valence-corrected chi connectivity index (χ3v) is 4.45. The first-order valence-corrected chi connectivity index (χ1v) is 9.71. The molecule has 0 aliphatic heterocycles. The van der Waals surface area contributed by atoms with Crippen molar-refractivity contribution in [2.75, 3.05) is 25.1 Å². The van der Waals surface area contributed by atoms with Crippen molar-refractivity contribution in [3.05, 3.63) is 30.3 Å². The Morgan fingerprint density at radius 2 is 1.44 bits per heavy atom. The minimum Gasteiger partial charge on any atom is -0.464 e. The van der Waals surface area contributed by atoms with Crippen LogP contribution < -0.4 is 5.32 Å². The number of nitrogens with zero attached hydrogens (tertiary/aromatic N) is 1. The third-order valence-electron chi connectivity index (χ3n) is 4.45. The first kappa shape index (κ1) is 23.0. The fourth-order valence-electron chi connectivity index (χ4n) is 3.14. The van der Waals surface area contributed by atoms with Gasteiger partial charge in [-0.15, -0.1) is 0 Å².